The van der Waals surface area contributed by atoms with Gasteiger partial charge in [0.1, 0.15) is 11.5 Å². The second-order valence-electron chi connectivity index (χ2n) is 7.22. The van der Waals surface area contributed by atoms with Crippen LogP contribution in [-0.4, -0.2) is 80.0 Å². The normalized spacial score (nSPS) is 14.2. The van der Waals surface area contributed by atoms with Crippen LogP contribution in [0.3, 0.4) is 0 Å². The lowest BCUT2D eigenvalue weighted by atomic mass is 10.1. The van der Waals surface area contributed by atoms with Gasteiger partial charge in [-0.15, -0.1) is 0 Å². The number of nitrogens with one attached hydrogen (secondary N) is 1. The predicted octanol–water partition coefficient (Wildman–Crippen LogP) is 1.47. The average Bonchev–Trinajstić information content (AvgIpc) is 2.73. The van der Waals surface area contributed by atoms with Crippen molar-refractivity contribution in [2.75, 3.05) is 58.3 Å². The highest BCUT2D eigenvalue weighted by Crippen LogP contribution is 2.20. The Morgan fingerprint density at radius 1 is 1.14 bits per heavy atom. The summed E-state index contributed by atoms with van der Waals surface area (Å²) in [7, 11) is 3.85. The maximum atomic E-state index is 14.0. The van der Waals surface area contributed by atoms with Crippen molar-refractivity contribution in [1.29, 1.82) is 0 Å². The smallest absolute Gasteiger partial charge is 0.269 e. The molecular formula is C21H26FN5O2. The van der Waals surface area contributed by atoms with E-state index in [1.54, 1.807) is 29.2 Å². The highest BCUT2D eigenvalue weighted by atomic mass is 19.1. The van der Waals surface area contributed by atoms with E-state index in [0.29, 0.717) is 44.0 Å². The third-order valence-corrected chi connectivity index (χ3v) is 4.84. The Balaban J connectivity index is 1.60. The lowest BCUT2D eigenvalue weighted by Crippen LogP contribution is -2.49. The van der Waals surface area contributed by atoms with Crippen LogP contribution in [0.4, 0.5) is 10.1 Å². The zero-order valence-corrected chi connectivity index (χ0v) is 16.8. The topological polar surface area (TPSA) is 68.8 Å². The van der Waals surface area contributed by atoms with Crippen molar-refractivity contribution in [2.24, 2.45) is 0 Å². The van der Waals surface area contributed by atoms with Crippen LogP contribution in [0.15, 0.2) is 42.6 Å². The molecule has 0 unspecified atom stereocenters. The number of hydrogen-bond donors (Lipinski definition) is 1. The minimum absolute atomic E-state index is 0.150. The van der Waals surface area contributed by atoms with Gasteiger partial charge in [-0.3, -0.25) is 14.6 Å². The van der Waals surface area contributed by atoms with Crippen LogP contribution >= 0.6 is 0 Å². The number of amides is 2. The number of pyridine rings is 1. The first-order valence-electron chi connectivity index (χ1n) is 9.63. The molecule has 0 saturated carbocycles. The summed E-state index contributed by atoms with van der Waals surface area (Å²) in [5.74, 6) is -0.708. The first-order chi connectivity index (χ1) is 14.0. The summed E-state index contributed by atoms with van der Waals surface area (Å²) in [5.41, 5.74) is 1.21. The summed E-state index contributed by atoms with van der Waals surface area (Å²) in [6.45, 7) is 3.30. The van der Waals surface area contributed by atoms with Crippen molar-refractivity contribution in [2.45, 2.75) is 0 Å². The van der Waals surface area contributed by atoms with Crippen molar-refractivity contribution >= 4 is 17.5 Å². The van der Waals surface area contributed by atoms with Gasteiger partial charge in [-0.25, -0.2) is 4.39 Å². The van der Waals surface area contributed by atoms with Crippen molar-refractivity contribution in [3.05, 3.63) is 59.7 Å². The molecule has 29 heavy (non-hydrogen) atoms. The van der Waals surface area contributed by atoms with Crippen molar-refractivity contribution in [3.8, 4) is 0 Å². The standard InChI is InChI=1S/C21H26FN5O2/c1-25(2)10-9-24-20(28)18-15-16(7-8-23-18)21(29)27-13-11-26(12-14-27)19-6-4-3-5-17(19)22/h3-8,15H,9-14H2,1-2H3,(H,24,28). The van der Waals surface area contributed by atoms with Crippen LogP contribution < -0.4 is 10.2 Å². The fraction of sp³-hybridized carbons (Fsp3) is 0.381. The van der Waals surface area contributed by atoms with Crippen LogP contribution in [0.25, 0.3) is 0 Å². The van der Waals surface area contributed by atoms with E-state index in [-0.39, 0.29) is 23.3 Å². The Hall–Kier alpha value is -3.00. The second-order valence-corrected chi connectivity index (χ2v) is 7.22. The van der Waals surface area contributed by atoms with Gasteiger partial charge in [0.05, 0.1) is 5.69 Å². The van der Waals surface area contributed by atoms with E-state index in [2.05, 4.69) is 10.3 Å². The van der Waals surface area contributed by atoms with Gasteiger partial charge < -0.3 is 20.0 Å². The number of benzene rings is 1. The van der Waals surface area contributed by atoms with Crippen LogP contribution in [0, 0.1) is 5.82 Å². The Kier molecular flexibility index (Phi) is 6.77. The van der Waals surface area contributed by atoms with Gasteiger partial charge in [0.15, 0.2) is 0 Å². The zero-order chi connectivity index (χ0) is 20.8. The third-order valence-electron chi connectivity index (χ3n) is 4.84. The molecule has 1 fully saturated rings. The van der Waals surface area contributed by atoms with Crippen LogP contribution in [0.5, 0.6) is 0 Å². The summed E-state index contributed by atoms with van der Waals surface area (Å²) >= 11 is 0. The fourth-order valence-corrected chi connectivity index (χ4v) is 3.21. The maximum absolute atomic E-state index is 14.0. The number of nitrogens with zero attached hydrogens (tertiary/aromatic N) is 4. The molecule has 3 rings (SSSR count). The number of para-hydroxylation sites is 1. The van der Waals surface area contributed by atoms with Gasteiger partial charge in [-0.05, 0) is 38.4 Å². The molecule has 1 saturated heterocycles. The van der Waals surface area contributed by atoms with Gasteiger partial charge in [-0.1, -0.05) is 12.1 Å². The van der Waals surface area contributed by atoms with Gasteiger partial charge in [0.25, 0.3) is 11.8 Å². The molecule has 2 heterocycles. The lowest BCUT2D eigenvalue weighted by Gasteiger charge is -2.36. The number of likely N-dealkylation sites (N-methyl/N-ethyl adjacent to an activating group) is 1. The Bertz CT molecular complexity index is 866. The van der Waals surface area contributed by atoms with Gasteiger partial charge in [-0.2, -0.15) is 0 Å². The Morgan fingerprint density at radius 3 is 2.55 bits per heavy atom. The van der Waals surface area contributed by atoms with Crippen molar-refractivity contribution in [1.82, 2.24) is 20.1 Å². The average molecular weight is 399 g/mol. The molecule has 1 N–H and O–H groups in total. The van der Waals surface area contributed by atoms with E-state index in [4.69, 9.17) is 0 Å². The molecule has 1 aliphatic heterocycles. The van der Waals surface area contributed by atoms with E-state index >= 15 is 0 Å². The molecule has 8 heteroatoms. The SMILES string of the molecule is CN(C)CCNC(=O)c1cc(C(=O)N2CCN(c3ccccc3F)CC2)ccn1. The molecule has 7 nitrogen and oxygen atoms in total. The largest absolute Gasteiger partial charge is 0.366 e. The van der Waals surface area contributed by atoms with Crippen molar-refractivity contribution < 1.29 is 14.0 Å². The monoisotopic (exact) mass is 399 g/mol. The Labute approximate surface area is 170 Å². The molecule has 1 aromatic carbocycles. The molecule has 1 aliphatic rings. The number of halogens is 1. The molecule has 0 radical (unpaired) electrons. The number of aromatic nitrogens is 1. The molecule has 0 aliphatic carbocycles. The number of rotatable bonds is 6. The maximum Gasteiger partial charge on any atom is 0.269 e. The quantitative estimate of drug-likeness (QED) is 0.797. The molecule has 0 spiro atoms. The van der Waals surface area contributed by atoms with E-state index < -0.39 is 0 Å². The van der Waals surface area contributed by atoms with Gasteiger partial charge >= 0.3 is 0 Å². The third kappa shape index (κ3) is 5.29. The molecule has 0 bridgehead atoms. The molecule has 2 aromatic rings. The minimum Gasteiger partial charge on any atom is -0.366 e. The van der Waals surface area contributed by atoms with Gasteiger partial charge in [0, 0.05) is 51.0 Å². The lowest BCUT2D eigenvalue weighted by molar-refractivity contribution is 0.0746. The summed E-state index contributed by atoms with van der Waals surface area (Å²) in [5, 5.41) is 2.80. The molecule has 2 amide bonds. The van der Waals surface area contributed by atoms with E-state index in [1.807, 2.05) is 23.9 Å². The number of carbonyl (C=O) groups is 2. The number of hydrogen-bond acceptors (Lipinski definition) is 5. The molecular weight excluding hydrogens is 373 g/mol. The minimum atomic E-state index is -0.300. The van der Waals surface area contributed by atoms with Crippen LogP contribution in [0.1, 0.15) is 20.8 Å². The summed E-state index contributed by atoms with van der Waals surface area (Å²) in [4.78, 5) is 34.8. The second kappa shape index (κ2) is 9.47. The van der Waals surface area contributed by atoms with E-state index in [9.17, 15) is 14.0 Å². The fourth-order valence-electron chi connectivity index (χ4n) is 3.21. The molecule has 1 aromatic heterocycles. The van der Waals surface area contributed by atoms with Crippen molar-refractivity contribution in [3.63, 3.8) is 0 Å². The molecule has 154 valence electrons. The predicted molar refractivity (Wildman–Crippen MR) is 110 cm³/mol. The van der Waals surface area contributed by atoms with Crippen LogP contribution in [0.2, 0.25) is 0 Å². The number of piperazine rings is 1. The highest BCUT2D eigenvalue weighted by Gasteiger charge is 2.24. The number of anilines is 1. The zero-order valence-electron chi connectivity index (χ0n) is 16.8. The summed E-state index contributed by atoms with van der Waals surface area (Å²) < 4.78 is 14.0. The Morgan fingerprint density at radius 2 is 1.86 bits per heavy atom. The van der Waals surface area contributed by atoms with Crippen LogP contribution in [-0.2, 0) is 0 Å². The summed E-state index contributed by atoms with van der Waals surface area (Å²) in [6, 6.07) is 9.79. The van der Waals surface area contributed by atoms with E-state index in [1.165, 1.54) is 18.3 Å². The molecule has 0 atom stereocenters. The first kappa shape index (κ1) is 20.7. The summed E-state index contributed by atoms with van der Waals surface area (Å²) in [6.07, 6.45) is 1.48. The highest BCUT2D eigenvalue weighted by molar-refractivity contribution is 5.98. The number of carbonyl (C=O) groups excluding carboxylic acids is 2. The first-order valence-corrected chi connectivity index (χ1v) is 9.63. The van der Waals surface area contributed by atoms with E-state index in [0.717, 1.165) is 6.54 Å². The van der Waals surface area contributed by atoms with Gasteiger partial charge in [0.2, 0.25) is 0 Å².